The van der Waals surface area contributed by atoms with E-state index in [0.717, 1.165) is 13.1 Å². The number of likely N-dealkylation sites (N-methyl/N-ethyl adjacent to an activating group) is 1. The SMILES string of the molecule is CN(C)CCNc1ncccc1N=O. The summed E-state index contributed by atoms with van der Waals surface area (Å²) in [6.07, 6.45) is 1.63. The van der Waals surface area contributed by atoms with Crippen LogP contribution in [0.5, 0.6) is 0 Å². The van der Waals surface area contributed by atoms with Gasteiger partial charge < -0.3 is 10.2 Å². The average Bonchev–Trinajstić information content (AvgIpc) is 2.18. The van der Waals surface area contributed by atoms with Crippen LogP contribution in [-0.2, 0) is 0 Å². The topological polar surface area (TPSA) is 57.6 Å². The quantitative estimate of drug-likeness (QED) is 0.721. The van der Waals surface area contributed by atoms with Crippen LogP contribution in [0.25, 0.3) is 0 Å². The second-order valence-corrected chi connectivity index (χ2v) is 3.19. The van der Waals surface area contributed by atoms with Crippen LogP contribution in [-0.4, -0.2) is 37.1 Å². The van der Waals surface area contributed by atoms with E-state index in [1.54, 1.807) is 18.3 Å². The van der Waals surface area contributed by atoms with Gasteiger partial charge in [0.2, 0.25) is 0 Å². The van der Waals surface area contributed by atoms with Crippen LogP contribution in [0.1, 0.15) is 0 Å². The fourth-order valence-corrected chi connectivity index (χ4v) is 1.00. The first-order chi connectivity index (χ1) is 6.74. The molecule has 5 heteroatoms. The molecule has 1 aromatic rings. The van der Waals surface area contributed by atoms with Crippen LogP contribution in [0.15, 0.2) is 23.5 Å². The molecule has 1 N–H and O–H groups in total. The number of nitroso groups, excluding NO2 is 1. The molecule has 0 saturated carbocycles. The Morgan fingerprint density at radius 1 is 1.57 bits per heavy atom. The molecule has 0 radical (unpaired) electrons. The molecule has 14 heavy (non-hydrogen) atoms. The van der Waals surface area contributed by atoms with Crippen LogP contribution in [0.4, 0.5) is 11.5 Å². The fraction of sp³-hybridized carbons (Fsp3) is 0.444. The fourth-order valence-electron chi connectivity index (χ4n) is 1.00. The van der Waals surface area contributed by atoms with Gasteiger partial charge in [0, 0.05) is 19.3 Å². The van der Waals surface area contributed by atoms with E-state index in [9.17, 15) is 4.91 Å². The summed E-state index contributed by atoms with van der Waals surface area (Å²) in [6, 6.07) is 3.33. The van der Waals surface area contributed by atoms with Gasteiger partial charge in [-0.1, -0.05) is 0 Å². The van der Waals surface area contributed by atoms with Crippen LogP contribution >= 0.6 is 0 Å². The van der Waals surface area contributed by atoms with E-state index in [-0.39, 0.29) is 0 Å². The van der Waals surface area contributed by atoms with Crippen LogP contribution in [0.3, 0.4) is 0 Å². The molecule has 0 aliphatic rings. The number of aromatic nitrogens is 1. The standard InChI is InChI=1S/C9H14N4O/c1-13(2)7-6-11-9-8(12-14)4-3-5-10-9/h3-5H,6-7H2,1-2H3,(H,10,11). The van der Waals surface area contributed by atoms with Crippen LogP contribution in [0, 0.1) is 4.91 Å². The molecule has 0 fully saturated rings. The van der Waals surface area contributed by atoms with Crippen LogP contribution in [0.2, 0.25) is 0 Å². The monoisotopic (exact) mass is 194 g/mol. The predicted molar refractivity (Wildman–Crippen MR) is 56.7 cm³/mol. The summed E-state index contributed by atoms with van der Waals surface area (Å²) in [6.45, 7) is 1.63. The smallest absolute Gasteiger partial charge is 0.155 e. The first kappa shape index (κ1) is 10.6. The van der Waals surface area contributed by atoms with Gasteiger partial charge >= 0.3 is 0 Å². The highest BCUT2D eigenvalue weighted by atomic mass is 16.3. The van der Waals surface area contributed by atoms with Crippen molar-refractivity contribution in [3.63, 3.8) is 0 Å². The Labute approximate surface area is 83.1 Å². The first-order valence-corrected chi connectivity index (χ1v) is 4.41. The molecule has 1 rings (SSSR count). The number of rotatable bonds is 5. The highest BCUT2D eigenvalue weighted by Gasteiger charge is 2.01. The third kappa shape index (κ3) is 3.10. The molecule has 1 heterocycles. The van der Waals surface area contributed by atoms with E-state index < -0.39 is 0 Å². The van der Waals surface area contributed by atoms with Crippen molar-refractivity contribution in [3.05, 3.63) is 23.2 Å². The normalized spacial score (nSPS) is 10.2. The molecule has 0 spiro atoms. The molecule has 0 aromatic carbocycles. The van der Waals surface area contributed by atoms with E-state index in [4.69, 9.17) is 0 Å². The van der Waals surface area contributed by atoms with Crippen molar-refractivity contribution in [1.29, 1.82) is 0 Å². The molecule has 76 valence electrons. The Hall–Kier alpha value is -1.49. The first-order valence-electron chi connectivity index (χ1n) is 4.41. The molecule has 0 aliphatic heterocycles. The van der Waals surface area contributed by atoms with Gasteiger partial charge in [0.1, 0.15) is 5.69 Å². The summed E-state index contributed by atoms with van der Waals surface area (Å²) in [7, 11) is 3.97. The van der Waals surface area contributed by atoms with Crippen molar-refractivity contribution in [2.75, 3.05) is 32.5 Å². The third-order valence-electron chi connectivity index (χ3n) is 1.74. The Balaban J connectivity index is 2.53. The number of anilines is 1. The minimum absolute atomic E-state index is 0.353. The minimum Gasteiger partial charge on any atom is -0.367 e. The Kier molecular flexibility index (Phi) is 4.00. The summed E-state index contributed by atoms with van der Waals surface area (Å²) in [4.78, 5) is 16.5. The molecule has 0 aliphatic carbocycles. The van der Waals surface area contributed by atoms with Gasteiger partial charge in [0.05, 0.1) is 0 Å². The molecular formula is C9H14N4O. The average molecular weight is 194 g/mol. The minimum atomic E-state index is 0.353. The summed E-state index contributed by atoms with van der Waals surface area (Å²) in [5, 5.41) is 5.93. The zero-order chi connectivity index (χ0) is 10.4. The Bertz CT molecular complexity index is 301. The van der Waals surface area contributed by atoms with Crippen molar-refractivity contribution in [2.24, 2.45) is 5.18 Å². The van der Waals surface area contributed by atoms with Crippen molar-refractivity contribution in [3.8, 4) is 0 Å². The molecular weight excluding hydrogens is 180 g/mol. The molecule has 5 nitrogen and oxygen atoms in total. The van der Waals surface area contributed by atoms with Crippen molar-refractivity contribution >= 4 is 11.5 Å². The number of pyridine rings is 1. The van der Waals surface area contributed by atoms with Gasteiger partial charge in [-0.3, -0.25) is 0 Å². The lowest BCUT2D eigenvalue weighted by Crippen LogP contribution is -2.21. The van der Waals surface area contributed by atoms with E-state index in [2.05, 4.69) is 15.5 Å². The highest BCUT2D eigenvalue weighted by molar-refractivity contribution is 5.59. The molecule has 1 aromatic heterocycles. The Morgan fingerprint density at radius 3 is 3.00 bits per heavy atom. The Morgan fingerprint density at radius 2 is 2.36 bits per heavy atom. The molecule has 0 saturated heterocycles. The van der Waals surface area contributed by atoms with E-state index >= 15 is 0 Å². The molecule has 0 atom stereocenters. The number of nitrogens with zero attached hydrogens (tertiary/aromatic N) is 3. The van der Waals surface area contributed by atoms with Gasteiger partial charge in [0.25, 0.3) is 0 Å². The zero-order valence-electron chi connectivity index (χ0n) is 8.40. The second-order valence-electron chi connectivity index (χ2n) is 3.19. The van der Waals surface area contributed by atoms with Crippen LogP contribution < -0.4 is 5.32 Å². The zero-order valence-corrected chi connectivity index (χ0v) is 8.40. The maximum atomic E-state index is 10.4. The lowest BCUT2D eigenvalue weighted by atomic mass is 10.4. The van der Waals surface area contributed by atoms with Crippen molar-refractivity contribution < 1.29 is 0 Å². The van der Waals surface area contributed by atoms with Gasteiger partial charge in [0.15, 0.2) is 5.82 Å². The largest absolute Gasteiger partial charge is 0.367 e. The maximum Gasteiger partial charge on any atom is 0.155 e. The van der Waals surface area contributed by atoms with Gasteiger partial charge in [-0.15, -0.1) is 4.91 Å². The summed E-state index contributed by atoms with van der Waals surface area (Å²) < 4.78 is 0. The summed E-state index contributed by atoms with van der Waals surface area (Å²) in [5.74, 6) is 0.546. The second kappa shape index (κ2) is 5.29. The molecule has 0 amide bonds. The summed E-state index contributed by atoms with van der Waals surface area (Å²) >= 11 is 0. The lowest BCUT2D eigenvalue weighted by Gasteiger charge is -2.10. The van der Waals surface area contributed by atoms with Crippen molar-refractivity contribution in [2.45, 2.75) is 0 Å². The van der Waals surface area contributed by atoms with Gasteiger partial charge in [-0.25, -0.2) is 4.98 Å². The number of hydrogen-bond donors (Lipinski definition) is 1. The van der Waals surface area contributed by atoms with E-state index in [1.807, 2.05) is 19.0 Å². The highest BCUT2D eigenvalue weighted by Crippen LogP contribution is 2.20. The third-order valence-corrected chi connectivity index (χ3v) is 1.74. The molecule has 0 unspecified atom stereocenters. The van der Waals surface area contributed by atoms with E-state index in [0.29, 0.717) is 11.5 Å². The van der Waals surface area contributed by atoms with Crippen molar-refractivity contribution in [1.82, 2.24) is 9.88 Å². The lowest BCUT2D eigenvalue weighted by molar-refractivity contribution is 0.425. The number of nitrogens with one attached hydrogen (secondary N) is 1. The molecule has 0 bridgehead atoms. The predicted octanol–water partition coefficient (Wildman–Crippen LogP) is 1.45. The van der Waals surface area contributed by atoms with Gasteiger partial charge in [-0.05, 0) is 31.4 Å². The van der Waals surface area contributed by atoms with Gasteiger partial charge in [-0.2, -0.15) is 0 Å². The number of hydrogen-bond acceptors (Lipinski definition) is 5. The van der Waals surface area contributed by atoms with E-state index in [1.165, 1.54) is 0 Å². The maximum absolute atomic E-state index is 10.4. The summed E-state index contributed by atoms with van der Waals surface area (Å²) in [5.41, 5.74) is 0.353.